The van der Waals surface area contributed by atoms with Crippen LogP contribution in [0.4, 0.5) is 0 Å². The van der Waals surface area contributed by atoms with E-state index >= 15 is 0 Å². The Hall–Kier alpha value is -3.65. The van der Waals surface area contributed by atoms with E-state index in [1.807, 2.05) is 0 Å². The molecule has 5 aliphatic rings. The second-order valence-corrected chi connectivity index (χ2v) is 19.0. The first kappa shape index (κ1) is 64.2. The Morgan fingerprint density at radius 3 is 1.49 bits per heavy atom. The summed E-state index contributed by atoms with van der Waals surface area (Å²) < 4.78 is 51.5. The van der Waals surface area contributed by atoms with Crippen LogP contribution in [-0.4, -0.2) is 319 Å². The van der Waals surface area contributed by atoms with Crippen molar-refractivity contribution in [2.75, 3.05) is 33.0 Å². The maximum atomic E-state index is 13.7. The number of amides is 3. The van der Waals surface area contributed by atoms with E-state index in [0.717, 1.165) is 20.8 Å². The Bertz CT molecular complexity index is 2000. The van der Waals surface area contributed by atoms with Crippen molar-refractivity contribution in [3.05, 3.63) is 0 Å². The van der Waals surface area contributed by atoms with Crippen molar-refractivity contribution >= 4 is 29.7 Å². The van der Waals surface area contributed by atoms with E-state index in [2.05, 4.69) is 16.0 Å². The number of carbonyl (C=O) groups is 5. The van der Waals surface area contributed by atoms with E-state index in [0.29, 0.717) is 0 Å². The summed E-state index contributed by atoms with van der Waals surface area (Å²) in [4.78, 5) is 63.9. The molecule has 0 aromatic rings. The van der Waals surface area contributed by atoms with E-state index in [4.69, 9.17) is 42.6 Å². The van der Waals surface area contributed by atoms with Crippen molar-refractivity contribution in [1.29, 1.82) is 0 Å². The molecule has 21 N–H and O–H groups in total. The molecule has 0 unspecified atom stereocenters. The van der Waals surface area contributed by atoms with Crippen LogP contribution in [0.5, 0.6) is 0 Å². The number of hydrogen-bond donors (Lipinski definition) is 21. The zero-order chi connectivity index (χ0) is 57.8. The van der Waals surface area contributed by atoms with Gasteiger partial charge in [0.2, 0.25) is 17.7 Å². The molecular weight excluding hydrogens is 1060 g/mol. The highest BCUT2D eigenvalue weighted by Crippen LogP contribution is 2.42. The van der Waals surface area contributed by atoms with E-state index in [-0.39, 0.29) is 0 Å². The van der Waals surface area contributed by atoms with Gasteiger partial charge in [-0.05, 0) is 0 Å². The van der Waals surface area contributed by atoms with Crippen molar-refractivity contribution < 1.29 is 159 Å². The highest BCUT2D eigenvalue weighted by molar-refractivity contribution is 5.77. The zero-order valence-electron chi connectivity index (χ0n) is 41.1. The Balaban J connectivity index is 1.61. The van der Waals surface area contributed by atoms with E-state index < -0.39 is 240 Å². The van der Waals surface area contributed by atoms with Gasteiger partial charge >= 0.3 is 11.9 Å². The summed E-state index contributed by atoms with van der Waals surface area (Å²) in [5.74, 6) is -14.1. The molecule has 0 bridgehead atoms. The van der Waals surface area contributed by atoms with Crippen LogP contribution in [0.1, 0.15) is 33.6 Å². The van der Waals surface area contributed by atoms with Gasteiger partial charge in [0.05, 0.1) is 57.3 Å². The lowest BCUT2D eigenvalue weighted by atomic mass is 9.87. The van der Waals surface area contributed by atoms with Gasteiger partial charge in [-0.1, -0.05) is 0 Å². The normalized spacial score (nSPS) is 43.2. The average molecular weight is 1130 g/mol. The number of aliphatic carboxylic acids is 2. The summed E-state index contributed by atoms with van der Waals surface area (Å²) in [7, 11) is 0. The quantitative estimate of drug-likeness (QED) is 0.0479. The van der Waals surface area contributed by atoms with Gasteiger partial charge in [0.15, 0.2) is 18.9 Å². The minimum absolute atomic E-state index is 0.873. The maximum absolute atomic E-state index is 13.7. The fourth-order valence-corrected chi connectivity index (χ4v) is 9.64. The molecule has 5 saturated heterocycles. The number of carboxylic acid groups (broad SMARTS) is 2. The molecule has 27 atom stereocenters. The fraction of sp³-hybridized carbons (Fsp3) is 0.881. The first-order chi connectivity index (χ1) is 36.0. The van der Waals surface area contributed by atoms with Gasteiger partial charge in [-0.3, -0.25) is 14.4 Å². The smallest absolute Gasteiger partial charge is 0.364 e. The third-order valence-corrected chi connectivity index (χ3v) is 13.5. The lowest BCUT2D eigenvalue weighted by Crippen LogP contribution is -2.72. The molecule has 0 aromatic heterocycles. The van der Waals surface area contributed by atoms with Crippen LogP contribution in [0.3, 0.4) is 0 Å². The zero-order valence-corrected chi connectivity index (χ0v) is 41.1. The molecule has 35 heteroatoms. The largest absolute Gasteiger partial charge is 0.477 e. The molecule has 3 amide bonds. The van der Waals surface area contributed by atoms with Crippen molar-refractivity contribution in [1.82, 2.24) is 16.0 Å². The topological polar surface area (TPSA) is 569 Å². The van der Waals surface area contributed by atoms with E-state index in [1.54, 1.807) is 0 Å². The molecule has 0 aliphatic carbocycles. The molecule has 5 aliphatic heterocycles. The Kier molecular flexibility index (Phi) is 22.3. The van der Waals surface area contributed by atoms with Crippen LogP contribution in [0, 0.1) is 0 Å². The summed E-state index contributed by atoms with van der Waals surface area (Å²) in [6, 6.07) is -5.55. The summed E-state index contributed by atoms with van der Waals surface area (Å²) in [6.45, 7) is -3.24. The van der Waals surface area contributed by atoms with Crippen LogP contribution in [0.15, 0.2) is 0 Å². The molecule has 35 nitrogen and oxygen atoms in total. The third kappa shape index (κ3) is 13.9. The van der Waals surface area contributed by atoms with Crippen molar-refractivity contribution in [3.63, 3.8) is 0 Å². The van der Waals surface area contributed by atoms with Crippen molar-refractivity contribution in [2.24, 2.45) is 0 Å². The fourth-order valence-electron chi connectivity index (χ4n) is 9.64. The minimum Gasteiger partial charge on any atom is -0.477 e. The number of carboxylic acids is 2. The number of aliphatic hydroxyl groups excluding tert-OH is 16. The molecule has 0 radical (unpaired) electrons. The number of rotatable bonds is 22. The van der Waals surface area contributed by atoms with Crippen LogP contribution < -0.4 is 16.0 Å². The molecule has 444 valence electrons. The molecular formula is C42H69N3O32. The van der Waals surface area contributed by atoms with Gasteiger partial charge in [-0.25, -0.2) is 9.59 Å². The number of nitrogens with one attached hydrogen (secondary N) is 3. The Morgan fingerprint density at radius 1 is 0.532 bits per heavy atom. The standard InChI is InChI=1S/C42H69N3O32/c1-11(51)43-21-14(54)4-41(39(65)66,75-33(21)24(57)16(56)6-46)74-18(8-48)26(59)34-22(44-12(2)52)15(55)5-42(76-34,40(67)68)77-35-30(63)38(72-31-19(9-49)69-36(64)29(62)28(31)61)71-20(10-50)32(35)73-37-23(45-13(3)53)27(60)25(58)17(7-47)70-37/h14-38,46-50,54-64H,4-10H2,1-3H3,(H,43,51)(H,44,52)(H,45,53)(H,65,66)(H,67,68)/t14-,15-,16+,17+,18+,19+,20+,21+,22+,23+,24-,25-,26+,27+,28+,29+,30+,31+,32-,33+,34+,35+,36+,37-,38-,41+,42-/m0/s1. The van der Waals surface area contributed by atoms with Gasteiger partial charge < -0.3 is 150 Å². The molecule has 0 aromatic carbocycles. The molecule has 5 rings (SSSR count). The third-order valence-electron chi connectivity index (χ3n) is 13.5. The molecule has 5 heterocycles. The predicted molar refractivity (Wildman–Crippen MR) is 236 cm³/mol. The summed E-state index contributed by atoms with van der Waals surface area (Å²) in [6.07, 6.45) is -50.7. The molecule has 0 saturated carbocycles. The lowest BCUT2D eigenvalue weighted by Gasteiger charge is -2.52. The highest BCUT2D eigenvalue weighted by atomic mass is 16.8. The summed E-state index contributed by atoms with van der Waals surface area (Å²) in [5, 5.41) is 201. The number of aliphatic hydroxyl groups is 16. The highest BCUT2D eigenvalue weighted by Gasteiger charge is 2.63. The number of hydrogen-bond acceptors (Lipinski definition) is 30. The van der Waals surface area contributed by atoms with E-state index in [1.165, 1.54) is 0 Å². The number of ether oxygens (including phenoxy) is 9. The van der Waals surface area contributed by atoms with Crippen LogP contribution in [0.25, 0.3) is 0 Å². The monoisotopic (exact) mass is 1130 g/mol. The maximum Gasteiger partial charge on any atom is 0.364 e. The van der Waals surface area contributed by atoms with Gasteiger partial charge in [-0.2, -0.15) is 0 Å². The van der Waals surface area contributed by atoms with Crippen molar-refractivity contribution in [3.8, 4) is 0 Å². The van der Waals surface area contributed by atoms with E-state index in [9.17, 15) is 116 Å². The summed E-state index contributed by atoms with van der Waals surface area (Å²) >= 11 is 0. The predicted octanol–water partition coefficient (Wildman–Crippen LogP) is -13.1. The van der Waals surface area contributed by atoms with Gasteiger partial charge in [-0.15, -0.1) is 0 Å². The van der Waals surface area contributed by atoms with Crippen LogP contribution >= 0.6 is 0 Å². The second-order valence-electron chi connectivity index (χ2n) is 19.0. The van der Waals surface area contributed by atoms with Crippen molar-refractivity contribution in [2.45, 2.75) is 198 Å². The first-order valence-corrected chi connectivity index (χ1v) is 23.9. The Morgan fingerprint density at radius 2 is 1.00 bits per heavy atom. The minimum atomic E-state index is -3.53. The van der Waals surface area contributed by atoms with Crippen LogP contribution in [-0.2, 0) is 66.6 Å². The number of carbonyl (C=O) groups excluding carboxylic acids is 3. The summed E-state index contributed by atoms with van der Waals surface area (Å²) in [5.41, 5.74) is 0. The SMILES string of the molecule is CC(=O)N[C@H]1[C@H](O[C@@H]2[C@H](O[C@]3(C(=O)O)C[C@H](O)[C@@H](NC(C)=O)[C@H]([C@H](O)[C@@H](CO)O[C@]4(C(=O)O)C[C@H](O)[C@@H](NC(C)=O)[C@H]([C@@H](O)[C@H](O)CO)O4)O3)[C@@H](O)[C@H](O[C@H]3[C@H](O)[C@@H](O)[C@H](O)O[C@@H]3CO)O[C@@H]2CO)O[C@H](CO)[C@H](O)[C@@H]1O. The first-order valence-electron chi connectivity index (χ1n) is 23.9. The Labute approximate surface area is 434 Å². The van der Waals surface area contributed by atoms with Gasteiger partial charge in [0.1, 0.15) is 110 Å². The average Bonchev–Trinajstić information content (AvgIpc) is 3.38. The second kappa shape index (κ2) is 26.7. The van der Waals surface area contributed by atoms with Gasteiger partial charge in [0, 0.05) is 33.6 Å². The lowest BCUT2D eigenvalue weighted by molar-refractivity contribution is -0.401. The van der Waals surface area contributed by atoms with Crippen LogP contribution in [0.2, 0.25) is 0 Å². The molecule has 5 fully saturated rings. The molecule has 77 heavy (non-hydrogen) atoms. The van der Waals surface area contributed by atoms with Gasteiger partial charge in [0.25, 0.3) is 11.6 Å². The molecule has 0 spiro atoms.